The Labute approximate surface area is 146 Å². The van der Waals surface area contributed by atoms with Crippen molar-refractivity contribution in [3.05, 3.63) is 29.4 Å². The van der Waals surface area contributed by atoms with E-state index in [2.05, 4.69) is 20.4 Å². The molecule has 0 saturated carbocycles. The van der Waals surface area contributed by atoms with Crippen LogP contribution in [0.4, 0.5) is 5.82 Å². The maximum absolute atomic E-state index is 10.9. The van der Waals surface area contributed by atoms with Crippen molar-refractivity contribution >= 4 is 34.2 Å². The van der Waals surface area contributed by atoms with Gasteiger partial charge in [0.2, 0.25) is 0 Å². The number of ether oxygens (including phenoxy) is 1. The molecule has 0 amide bonds. The molecule has 0 bridgehead atoms. The number of hydrogen-bond acceptors (Lipinski definition) is 6. The fourth-order valence-corrected chi connectivity index (χ4v) is 3.27. The van der Waals surface area contributed by atoms with E-state index < -0.39 is 0 Å². The third kappa shape index (κ3) is 4.13. The van der Waals surface area contributed by atoms with Crippen molar-refractivity contribution in [3.8, 4) is 0 Å². The molecular weight excluding hydrogens is 328 g/mol. The van der Waals surface area contributed by atoms with Gasteiger partial charge in [-0.05, 0) is 19.4 Å². The molecule has 1 fully saturated rings. The van der Waals surface area contributed by atoms with Gasteiger partial charge in [-0.3, -0.25) is 9.69 Å². The van der Waals surface area contributed by atoms with Gasteiger partial charge in [-0.1, -0.05) is 35.9 Å². The number of fused-ring (bicyclic) bond motifs is 1. The molecule has 0 spiro atoms. The highest BCUT2D eigenvalue weighted by atomic mass is 35.5. The van der Waals surface area contributed by atoms with Crippen LogP contribution in [-0.4, -0.2) is 53.3 Å². The zero-order chi connectivity index (χ0) is 16.9. The first kappa shape index (κ1) is 16.9. The monoisotopic (exact) mass is 348 g/mol. The summed E-state index contributed by atoms with van der Waals surface area (Å²) in [7, 11) is 0. The molecule has 1 saturated heterocycles. The molecule has 1 aliphatic heterocycles. The van der Waals surface area contributed by atoms with E-state index in [-0.39, 0.29) is 12.0 Å². The molecule has 1 aliphatic rings. The standard InChI is InChI=1S/C17H21ClN4O2/c1-12(23)24-10-9-22-8-4-5-13(11-22)19-17-15-7-3-2-6-14(15)16(18)20-21-17/h2-3,6-7,13H,4-5,8-11H2,1H3,(H,19,21)/t13-/m1/s1. The lowest BCUT2D eigenvalue weighted by Gasteiger charge is -2.33. The second-order valence-electron chi connectivity index (χ2n) is 6.01. The Kier molecular flexibility index (Phi) is 5.48. The van der Waals surface area contributed by atoms with Gasteiger partial charge >= 0.3 is 5.97 Å². The summed E-state index contributed by atoms with van der Waals surface area (Å²) in [5.74, 6) is 0.534. The summed E-state index contributed by atoms with van der Waals surface area (Å²) < 4.78 is 5.03. The number of carbonyl (C=O) groups is 1. The number of esters is 1. The number of benzene rings is 1. The molecule has 2 aromatic rings. The van der Waals surface area contributed by atoms with Crippen LogP contribution in [0.5, 0.6) is 0 Å². The number of aromatic nitrogens is 2. The van der Waals surface area contributed by atoms with Crippen molar-refractivity contribution in [1.29, 1.82) is 0 Å². The zero-order valence-electron chi connectivity index (χ0n) is 13.7. The van der Waals surface area contributed by atoms with Gasteiger partial charge in [-0.2, -0.15) is 0 Å². The third-order valence-electron chi connectivity index (χ3n) is 4.20. The highest BCUT2D eigenvalue weighted by Gasteiger charge is 2.21. The molecule has 7 heteroatoms. The van der Waals surface area contributed by atoms with Crippen LogP contribution >= 0.6 is 11.6 Å². The molecule has 0 aliphatic carbocycles. The molecule has 1 N–H and O–H groups in total. The summed E-state index contributed by atoms with van der Waals surface area (Å²) in [6.45, 7) is 4.54. The van der Waals surface area contributed by atoms with Crippen molar-refractivity contribution in [2.75, 3.05) is 31.6 Å². The van der Waals surface area contributed by atoms with E-state index in [0.717, 1.165) is 49.1 Å². The van der Waals surface area contributed by atoms with Crippen LogP contribution in [0, 0.1) is 0 Å². The average molecular weight is 349 g/mol. The quantitative estimate of drug-likeness (QED) is 0.838. The number of anilines is 1. The van der Waals surface area contributed by atoms with Gasteiger partial charge in [0.1, 0.15) is 6.61 Å². The largest absolute Gasteiger partial charge is 0.465 e. The second-order valence-corrected chi connectivity index (χ2v) is 6.37. The van der Waals surface area contributed by atoms with Gasteiger partial charge < -0.3 is 10.1 Å². The van der Waals surface area contributed by atoms with E-state index in [4.69, 9.17) is 16.3 Å². The molecule has 6 nitrogen and oxygen atoms in total. The number of hydrogen-bond donors (Lipinski definition) is 1. The van der Waals surface area contributed by atoms with Gasteiger partial charge in [-0.25, -0.2) is 0 Å². The number of halogens is 1. The Morgan fingerprint density at radius 3 is 2.96 bits per heavy atom. The van der Waals surface area contributed by atoms with Crippen LogP contribution in [0.2, 0.25) is 5.15 Å². The molecular formula is C17H21ClN4O2. The van der Waals surface area contributed by atoms with Crippen molar-refractivity contribution in [2.24, 2.45) is 0 Å². The Balaban J connectivity index is 1.65. The van der Waals surface area contributed by atoms with Gasteiger partial charge in [0.25, 0.3) is 0 Å². The van der Waals surface area contributed by atoms with E-state index >= 15 is 0 Å². The van der Waals surface area contributed by atoms with Gasteiger partial charge in [-0.15, -0.1) is 10.2 Å². The third-order valence-corrected chi connectivity index (χ3v) is 4.48. The van der Waals surface area contributed by atoms with Crippen LogP contribution < -0.4 is 5.32 Å². The normalized spacial score (nSPS) is 18.5. The number of likely N-dealkylation sites (tertiary alicyclic amines) is 1. The van der Waals surface area contributed by atoms with Crippen molar-refractivity contribution in [2.45, 2.75) is 25.8 Å². The maximum Gasteiger partial charge on any atom is 0.302 e. The van der Waals surface area contributed by atoms with E-state index in [1.54, 1.807) is 0 Å². The smallest absolute Gasteiger partial charge is 0.302 e. The lowest BCUT2D eigenvalue weighted by molar-refractivity contribution is -0.141. The highest BCUT2D eigenvalue weighted by molar-refractivity contribution is 6.34. The number of carbonyl (C=O) groups excluding carboxylic acids is 1. The fraction of sp³-hybridized carbons (Fsp3) is 0.471. The average Bonchev–Trinajstić information content (AvgIpc) is 2.58. The van der Waals surface area contributed by atoms with Crippen molar-refractivity contribution in [1.82, 2.24) is 15.1 Å². The fourth-order valence-electron chi connectivity index (χ4n) is 3.07. The van der Waals surface area contributed by atoms with Crippen LogP contribution in [-0.2, 0) is 9.53 Å². The van der Waals surface area contributed by atoms with E-state index in [9.17, 15) is 4.79 Å². The molecule has 1 aromatic heterocycles. The summed E-state index contributed by atoms with van der Waals surface area (Å²) in [5, 5.41) is 14.1. The second kappa shape index (κ2) is 7.77. The first-order valence-electron chi connectivity index (χ1n) is 8.16. The Hall–Kier alpha value is -1.92. The summed E-state index contributed by atoms with van der Waals surface area (Å²) in [5.41, 5.74) is 0. The maximum atomic E-state index is 10.9. The van der Waals surface area contributed by atoms with E-state index in [1.165, 1.54) is 6.92 Å². The van der Waals surface area contributed by atoms with Crippen LogP contribution in [0.25, 0.3) is 10.8 Å². The topological polar surface area (TPSA) is 67.3 Å². The minimum Gasteiger partial charge on any atom is -0.465 e. The summed E-state index contributed by atoms with van der Waals surface area (Å²) in [4.78, 5) is 13.2. The summed E-state index contributed by atoms with van der Waals surface area (Å²) in [6.07, 6.45) is 2.17. The lowest BCUT2D eigenvalue weighted by Crippen LogP contribution is -2.43. The zero-order valence-corrected chi connectivity index (χ0v) is 14.4. The van der Waals surface area contributed by atoms with Gasteiger partial charge in [0, 0.05) is 36.8 Å². The first-order chi connectivity index (χ1) is 11.6. The molecule has 1 atom stereocenters. The SMILES string of the molecule is CC(=O)OCCN1CCC[C@@H](Nc2nnc(Cl)c3ccccc23)C1. The number of nitrogens with zero attached hydrogens (tertiary/aromatic N) is 3. The highest BCUT2D eigenvalue weighted by Crippen LogP contribution is 2.27. The minimum atomic E-state index is -0.232. The summed E-state index contributed by atoms with van der Waals surface area (Å²) in [6, 6.07) is 8.15. The molecule has 0 unspecified atom stereocenters. The predicted octanol–water partition coefficient (Wildman–Crippen LogP) is 2.72. The molecule has 2 heterocycles. The Morgan fingerprint density at radius 1 is 1.38 bits per heavy atom. The number of nitrogens with one attached hydrogen (secondary N) is 1. The minimum absolute atomic E-state index is 0.232. The molecule has 0 radical (unpaired) electrons. The predicted molar refractivity (Wildman–Crippen MR) is 94.3 cm³/mol. The van der Waals surface area contributed by atoms with Crippen molar-refractivity contribution in [3.63, 3.8) is 0 Å². The Morgan fingerprint density at radius 2 is 2.17 bits per heavy atom. The lowest BCUT2D eigenvalue weighted by atomic mass is 10.1. The van der Waals surface area contributed by atoms with Crippen LogP contribution in [0.15, 0.2) is 24.3 Å². The van der Waals surface area contributed by atoms with Crippen LogP contribution in [0.1, 0.15) is 19.8 Å². The molecule has 128 valence electrons. The Bertz CT molecular complexity index is 725. The molecule has 3 rings (SSSR count). The number of rotatable bonds is 5. The number of piperidine rings is 1. The molecule has 24 heavy (non-hydrogen) atoms. The van der Waals surface area contributed by atoms with Crippen molar-refractivity contribution < 1.29 is 9.53 Å². The first-order valence-corrected chi connectivity index (χ1v) is 8.54. The van der Waals surface area contributed by atoms with Gasteiger partial charge in [0.05, 0.1) is 0 Å². The van der Waals surface area contributed by atoms with E-state index in [0.29, 0.717) is 11.8 Å². The van der Waals surface area contributed by atoms with Gasteiger partial charge in [0.15, 0.2) is 11.0 Å². The van der Waals surface area contributed by atoms with E-state index in [1.807, 2.05) is 24.3 Å². The van der Waals surface area contributed by atoms with Crippen LogP contribution in [0.3, 0.4) is 0 Å². The summed E-state index contributed by atoms with van der Waals surface area (Å²) >= 11 is 6.13. The molecule has 1 aromatic carbocycles.